The number of rotatable bonds is 7. The average Bonchev–Trinajstić information content (AvgIpc) is 2.44. The number of nitrogens with two attached hydrogens (primary N) is 1. The number of hydrogen-bond acceptors (Lipinski definition) is 3. The van der Waals surface area contributed by atoms with Crippen LogP contribution in [0.3, 0.4) is 0 Å². The van der Waals surface area contributed by atoms with Crippen LogP contribution in [0.1, 0.15) is 44.7 Å². The molecule has 1 aromatic rings. The Hall–Kier alpha value is -1.76. The Kier molecular flexibility index (Phi) is 6.87. The second kappa shape index (κ2) is 8.19. The second-order valence-electron chi connectivity index (χ2n) is 5.60. The van der Waals surface area contributed by atoms with Crippen LogP contribution in [-0.4, -0.2) is 18.1 Å². The number of ether oxygens (including phenoxy) is 1. The normalized spacial score (nSPS) is 13.0. The first-order valence-corrected chi connectivity index (χ1v) is 7.55. The summed E-state index contributed by atoms with van der Waals surface area (Å²) in [6, 6.07) is 3.01. The Labute approximate surface area is 134 Å². The van der Waals surface area contributed by atoms with Crippen LogP contribution >= 0.6 is 0 Å². The van der Waals surface area contributed by atoms with Crippen molar-refractivity contribution < 1.29 is 22.7 Å². The lowest BCUT2D eigenvalue weighted by atomic mass is 10.1. The fourth-order valence-corrected chi connectivity index (χ4v) is 2.07. The first-order valence-electron chi connectivity index (χ1n) is 7.55. The number of hydrogen-bond donors (Lipinski definition) is 2. The number of benzene rings is 1. The molecule has 0 aliphatic carbocycles. The molecule has 0 aliphatic rings. The van der Waals surface area contributed by atoms with E-state index in [0.717, 1.165) is 12.5 Å². The molecule has 0 heterocycles. The summed E-state index contributed by atoms with van der Waals surface area (Å²) < 4.78 is 44.8. The summed E-state index contributed by atoms with van der Waals surface area (Å²) in [6.45, 7) is 5.11. The standard InChI is InChI=1S/C16H23F3N2O2/c1-4-5-14(20)15(22)21-9-11-6-7-12(23-10(2)3)8-13(11)16(17,18)19/h6-8,10,14H,4-5,9,20H2,1-3H3,(H,21,22). The van der Waals surface area contributed by atoms with Crippen LogP contribution in [0.5, 0.6) is 5.75 Å². The molecule has 0 aromatic heterocycles. The van der Waals surface area contributed by atoms with E-state index in [1.54, 1.807) is 13.8 Å². The van der Waals surface area contributed by atoms with Gasteiger partial charge in [-0.15, -0.1) is 0 Å². The van der Waals surface area contributed by atoms with Gasteiger partial charge >= 0.3 is 6.18 Å². The smallest absolute Gasteiger partial charge is 0.416 e. The van der Waals surface area contributed by atoms with Crippen molar-refractivity contribution in [1.29, 1.82) is 0 Å². The third-order valence-electron chi connectivity index (χ3n) is 3.15. The molecule has 4 nitrogen and oxygen atoms in total. The number of amides is 1. The van der Waals surface area contributed by atoms with Crippen LogP contribution in [0.15, 0.2) is 18.2 Å². The fourth-order valence-electron chi connectivity index (χ4n) is 2.07. The van der Waals surface area contributed by atoms with E-state index in [9.17, 15) is 18.0 Å². The summed E-state index contributed by atoms with van der Waals surface area (Å²) >= 11 is 0. The summed E-state index contributed by atoms with van der Waals surface area (Å²) in [5, 5.41) is 2.45. The Bertz CT molecular complexity index is 531. The van der Waals surface area contributed by atoms with Crippen molar-refractivity contribution in [2.24, 2.45) is 5.73 Å². The van der Waals surface area contributed by atoms with Crippen molar-refractivity contribution >= 4 is 5.91 Å². The summed E-state index contributed by atoms with van der Waals surface area (Å²) in [5.74, 6) is -0.312. The lowest BCUT2D eigenvalue weighted by Crippen LogP contribution is -2.40. The van der Waals surface area contributed by atoms with E-state index in [0.29, 0.717) is 6.42 Å². The van der Waals surface area contributed by atoms with Crippen molar-refractivity contribution in [2.45, 2.75) is 58.5 Å². The van der Waals surface area contributed by atoms with Gasteiger partial charge in [-0.05, 0) is 38.0 Å². The maximum Gasteiger partial charge on any atom is 0.416 e. The quantitative estimate of drug-likeness (QED) is 0.806. The zero-order chi connectivity index (χ0) is 17.6. The maximum atomic E-state index is 13.2. The Balaban J connectivity index is 2.91. The SMILES string of the molecule is CCCC(N)C(=O)NCc1ccc(OC(C)C)cc1C(F)(F)F. The molecule has 1 aromatic carbocycles. The minimum atomic E-state index is -4.53. The van der Waals surface area contributed by atoms with Crippen LogP contribution in [0.2, 0.25) is 0 Å². The molecule has 1 atom stereocenters. The summed E-state index contributed by atoms with van der Waals surface area (Å²) in [6.07, 6.45) is -3.54. The first-order chi connectivity index (χ1) is 10.6. The number of carbonyl (C=O) groups excluding carboxylic acids is 1. The molecular weight excluding hydrogens is 309 g/mol. The van der Waals surface area contributed by atoms with Crippen LogP contribution in [-0.2, 0) is 17.5 Å². The van der Waals surface area contributed by atoms with Crippen molar-refractivity contribution in [1.82, 2.24) is 5.32 Å². The average molecular weight is 332 g/mol. The van der Waals surface area contributed by atoms with Crippen LogP contribution in [0.25, 0.3) is 0 Å². The molecule has 0 spiro atoms. The van der Waals surface area contributed by atoms with E-state index in [-0.39, 0.29) is 24.0 Å². The fraction of sp³-hybridized carbons (Fsp3) is 0.562. The summed E-state index contributed by atoms with van der Waals surface area (Å²) in [7, 11) is 0. The first kappa shape index (κ1) is 19.3. The van der Waals surface area contributed by atoms with E-state index in [1.165, 1.54) is 12.1 Å². The van der Waals surface area contributed by atoms with E-state index in [1.807, 2.05) is 6.92 Å². The molecule has 0 bridgehead atoms. The molecule has 0 saturated heterocycles. The highest BCUT2D eigenvalue weighted by Crippen LogP contribution is 2.34. The van der Waals surface area contributed by atoms with E-state index in [2.05, 4.69) is 5.32 Å². The topological polar surface area (TPSA) is 64.4 Å². The second-order valence-corrected chi connectivity index (χ2v) is 5.60. The zero-order valence-electron chi connectivity index (χ0n) is 13.5. The molecule has 0 fully saturated rings. The van der Waals surface area contributed by atoms with Gasteiger partial charge in [0.05, 0.1) is 17.7 Å². The predicted molar refractivity (Wildman–Crippen MR) is 81.9 cm³/mol. The van der Waals surface area contributed by atoms with Crippen molar-refractivity contribution in [3.8, 4) is 5.75 Å². The van der Waals surface area contributed by atoms with Crippen LogP contribution < -0.4 is 15.8 Å². The molecule has 3 N–H and O–H groups in total. The molecule has 0 radical (unpaired) electrons. The van der Waals surface area contributed by atoms with Gasteiger partial charge in [0.2, 0.25) is 5.91 Å². The minimum Gasteiger partial charge on any atom is -0.491 e. The van der Waals surface area contributed by atoms with Gasteiger partial charge < -0.3 is 15.8 Å². The Morgan fingerprint density at radius 1 is 1.35 bits per heavy atom. The summed E-state index contributed by atoms with van der Waals surface area (Å²) in [5.41, 5.74) is 4.80. The van der Waals surface area contributed by atoms with Crippen molar-refractivity contribution in [3.63, 3.8) is 0 Å². The molecule has 23 heavy (non-hydrogen) atoms. The van der Waals surface area contributed by atoms with Gasteiger partial charge in [-0.2, -0.15) is 13.2 Å². The largest absolute Gasteiger partial charge is 0.491 e. The van der Waals surface area contributed by atoms with Gasteiger partial charge in [0, 0.05) is 6.54 Å². The van der Waals surface area contributed by atoms with Crippen molar-refractivity contribution in [2.75, 3.05) is 0 Å². The monoisotopic (exact) mass is 332 g/mol. The third-order valence-corrected chi connectivity index (χ3v) is 3.15. The maximum absolute atomic E-state index is 13.2. The van der Waals surface area contributed by atoms with E-state index < -0.39 is 23.7 Å². The molecule has 130 valence electrons. The minimum absolute atomic E-state index is 0.0225. The molecule has 1 rings (SSSR count). The van der Waals surface area contributed by atoms with Crippen molar-refractivity contribution in [3.05, 3.63) is 29.3 Å². The zero-order valence-corrected chi connectivity index (χ0v) is 13.5. The summed E-state index contributed by atoms with van der Waals surface area (Å²) in [4.78, 5) is 11.7. The molecule has 1 unspecified atom stereocenters. The Morgan fingerprint density at radius 2 is 2.00 bits per heavy atom. The number of halogens is 3. The van der Waals surface area contributed by atoms with Gasteiger partial charge in [-0.25, -0.2) is 0 Å². The van der Waals surface area contributed by atoms with Gasteiger partial charge in [0.25, 0.3) is 0 Å². The lowest BCUT2D eigenvalue weighted by Gasteiger charge is -2.17. The van der Waals surface area contributed by atoms with Crippen LogP contribution in [0.4, 0.5) is 13.2 Å². The van der Waals surface area contributed by atoms with Gasteiger partial charge in [0.1, 0.15) is 5.75 Å². The predicted octanol–water partition coefficient (Wildman–Crippen LogP) is 3.24. The number of carbonyl (C=O) groups is 1. The Morgan fingerprint density at radius 3 is 2.52 bits per heavy atom. The molecule has 0 aliphatic heterocycles. The van der Waals surface area contributed by atoms with Gasteiger partial charge in [-0.1, -0.05) is 19.4 Å². The molecule has 7 heteroatoms. The van der Waals surface area contributed by atoms with Gasteiger partial charge in [-0.3, -0.25) is 4.79 Å². The van der Waals surface area contributed by atoms with E-state index in [4.69, 9.17) is 10.5 Å². The van der Waals surface area contributed by atoms with E-state index >= 15 is 0 Å². The number of nitrogens with one attached hydrogen (secondary N) is 1. The molecular formula is C16H23F3N2O2. The number of alkyl halides is 3. The highest BCUT2D eigenvalue weighted by molar-refractivity contribution is 5.81. The van der Waals surface area contributed by atoms with Gasteiger partial charge in [0.15, 0.2) is 0 Å². The molecule has 1 amide bonds. The third kappa shape index (κ3) is 6.09. The van der Waals surface area contributed by atoms with Crippen LogP contribution in [0, 0.1) is 0 Å². The lowest BCUT2D eigenvalue weighted by molar-refractivity contribution is -0.138. The molecule has 0 saturated carbocycles. The highest BCUT2D eigenvalue weighted by Gasteiger charge is 2.34. The highest BCUT2D eigenvalue weighted by atomic mass is 19.4.